The van der Waals surface area contributed by atoms with Crippen LogP contribution in [0, 0.1) is 6.92 Å². The number of carbonyl (C=O) groups is 2. The van der Waals surface area contributed by atoms with Gasteiger partial charge in [0, 0.05) is 11.4 Å². The summed E-state index contributed by atoms with van der Waals surface area (Å²) in [6.45, 7) is 2.05. The standard InChI is InChI=1S/C20H21Cl2N3O4S/c1-13-4-7-15(8-5-13)29-12-19(27)24-25-20(30)23-18(26)3-2-10-28-17-9-6-14(21)11-16(17)22/h4-9,11H,2-3,10,12H2,1H3,(H,24,27)(H2,23,25,26,30). The second kappa shape index (κ2) is 12.2. The first kappa shape index (κ1) is 23.7. The SMILES string of the molecule is Cc1ccc(OCC(=O)NNC(=S)NC(=O)CCCOc2ccc(Cl)cc2Cl)cc1. The molecule has 0 aliphatic carbocycles. The number of carbonyl (C=O) groups excluding carboxylic acids is 2. The van der Waals surface area contributed by atoms with Crippen LogP contribution in [0.5, 0.6) is 11.5 Å². The first-order valence-electron chi connectivity index (χ1n) is 8.99. The van der Waals surface area contributed by atoms with Crippen LogP contribution in [0.25, 0.3) is 0 Å². The normalized spacial score (nSPS) is 10.1. The summed E-state index contributed by atoms with van der Waals surface area (Å²) in [5, 5.41) is 3.35. The number of halogens is 2. The van der Waals surface area contributed by atoms with E-state index in [1.807, 2.05) is 19.1 Å². The number of aryl methyl sites for hydroxylation is 1. The average molecular weight is 470 g/mol. The first-order chi connectivity index (χ1) is 14.3. The molecule has 0 saturated heterocycles. The number of amides is 2. The molecule has 0 aliphatic heterocycles. The Labute approximate surface area is 190 Å². The zero-order chi connectivity index (χ0) is 21.9. The molecule has 0 unspecified atom stereocenters. The lowest BCUT2D eigenvalue weighted by Gasteiger charge is -2.12. The fourth-order valence-electron chi connectivity index (χ4n) is 2.17. The van der Waals surface area contributed by atoms with Gasteiger partial charge in [-0.25, -0.2) is 0 Å². The summed E-state index contributed by atoms with van der Waals surface area (Å²) in [6, 6.07) is 12.2. The van der Waals surface area contributed by atoms with Crippen LogP contribution in [0.15, 0.2) is 42.5 Å². The molecule has 0 aliphatic rings. The van der Waals surface area contributed by atoms with Gasteiger partial charge in [0.1, 0.15) is 11.5 Å². The van der Waals surface area contributed by atoms with Crippen LogP contribution in [-0.2, 0) is 9.59 Å². The second-order valence-electron chi connectivity index (χ2n) is 6.18. The van der Waals surface area contributed by atoms with E-state index in [1.54, 1.807) is 30.3 Å². The fourth-order valence-corrected chi connectivity index (χ4v) is 2.80. The average Bonchev–Trinajstić information content (AvgIpc) is 2.70. The molecule has 0 atom stereocenters. The third-order valence-corrected chi connectivity index (χ3v) is 4.39. The summed E-state index contributed by atoms with van der Waals surface area (Å²) in [6.07, 6.45) is 0.627. The predicted octanol–water partition coefficient (Wildman–Crippen LogP) is 3.56. The van der Waals surface area contributed by atoms with Crippen LogP contribution in [0.2, 0.25) is 10.0 Å². The summed E-state index contributed by atoms with van der Waals surface area (Å²) < 4.78 is 10.8. The summed E-state index contributed by atoms with van der Waals surface area (Å²) in [7, 11) is 0. The number of ether oxygens (including phenoxy) is 2. The molecule has 0 radical (unpaired) electrons. The minimum Gasteiger partial charge on any atom is -0.492 e. The molecule has 10 heteroatoms. The number of hydrazine groups is 1. The first-order valence-corrected chi connectivity index (χ1v) is 10.2. The molecule has 0 saturated carbocycles. The smallest absolute Gasteiger partial charge is 0.276 e. The van der Waals surface area contributed by atoms with E-state index in [4.69, 9.17) is 44.9 Å². The van der Waals surface area contributed by atoms with E-state index in [-0.39, 0.29) is 24.0 Å². The Hall–Kier alpha value is -2.55. The monoisotopic (exact) mass is 469 g/mol. The van der Waals surface area contributed by atoms with Crippen molar-refractivity contribution in [1.29, 1.82) is 0 Å². The Morgan fingerprint density at radius 1 is 1.00 bits per heavy atom. The Morgan fingerprint density at radius 2 is 1.73 bits per heavy atom. The Balaban J connectivity index is 1.58. The van der Waals surface area contributed by atoms with Crippen molar-refractivity contribution in [2.24, 2.45) is 0 Å². The van der Waals surface area contributed by atoms with Crippen molar-refractivity contribution in [3.05, 3.63) is 58.1 Å². The van der Waals surface area contributed by atoms with Crippen LogP contribution in [0.4, 0.5) is 0 Å². The maximum absolute atomic E-state index is 11.9. The summed E-state index contributed by atoms with van der Waals surface area (Å²) in [4.78, 5) is 23.6. The van der Waals surface area contributed by atoms with Gasteiger partial charge in [-0.05, 0) is 55.9 Å². The molecule has 0 bridgehead atoms. The summed E-state index contributed by atoms with van der Waals surface area (Å²) in [5.74, 6) is 0.312. The molecule has 7 nitrogen and oxygen atoms in total. The third kappa shape index (κ3) is 8.86. The van der Waals surface area contributed by atoms with Gasteiger partial charge in [0.2, 0.25) is 5.91 Å². The minimum atomic E-state index is -0.444. The molecule has 0 aromatic heterocycles. The largest absolute Gasteiger partial charge is 0.492 e. The van der Waals surface area contributed by atoms with Gasteiger partial charge in [-0.3, -0.25) is 20.4 Å². The van der Waals surface area contributed by atoms with Crippen molar-refractivity contribution >= 4 is 52.3 Å². The molecule has 0 heterocycles. The summed E-state index contributed by atoms with van der Waals surface area (Å²) in [5.41, 5.74) is 5.89. The van der Waals surface area contributed by atoms with Crippen LogP contribution >= 0.6 is 35.4 Å². The Kier molecular flexibility index (Phi) is 9.66. The lowest BCUT2D eigenvalue weighted by atomic mass is 10.2. The molecular formula is C20H21Cl2N3O4S. The quantitative estimate of drug-likeness (QED) is 0.311. The van der Waals surface area contributed by atoms with E-state index in [0.717, 1.165) is 5.56 Å². The number of hydrogen-bond acceptors (Lipinski definition) is 5. The van der Waals surface area contributed by atoms with Crippen molar-refractivity contribution < 1.29 is 19.1 Å². The van der Waals surface area contributed by atoms with Crippen molar-refractivity contribution in [2.75, 3.05) is 13.2 Å². The maximum atomic E-state index is 11.9. The molecule has 2 aromatic carbocycles. The minimum absolute atomic E-state index is 0.0228. The highest BCUT2D eigenvalue weighted by molar-refractivity contribution is 7.80. The lowest BCUT2D eigenvalue weighted by molar-refractivity contribution is -0.124. The van der Waals surface area contributed by atoms with Crippen molar-refractivity contribution in [3.8, 4) is 11.5 Å². The number of rotatable bonds is 8. The number of thiocarbonyl (C=S) groups is 1. The van der Waals surface area contributed by atoms with Crippen LogP contribution in [-0.4, -0.2) is 30.1 Å². The highest BCUT2D eigenvalue weighted by Gasteiger charge is 2.08. The van der Waals surface area contributed by atoms with E-state index in [0.29, 0.717) is 34.6 Å². The number of benzene rings is 2. The van der Waals surface area contributed by atoms with Crippen LogP contribution in [0.1, 0.15) is 18.4 Å². The van der Waals surface area contributed by atoms with E-state index in [1.165, 1.54) is 0 Å². The maximum Gasteiger partial charge on any atom is 0.276 e. The molecule has 0 spiro atoms. The van der Waals surface area contributed by atoms with E-state index < -0.39 is 5.91 Å². The molecule has 2 aromatic rings. The Bertz CT molecular complexity index is 894. The van der Waals surface area contributed by atoms with Crippen LogP contribution in [0.3, 0.4) is 0 Å². The van der Waals surface area contributed by atoms with Crippen LogP contribution < -0.4 is 25.6 Å². The van der Waals surface area contributed by atoms with Gasteiger partial charge >= 0.3 is 0 Å². The molecular weight excluding hydrogens is 449 g/mol. The van der Waals surface area contributed by atoms with Crippen molar-refractivity contribution in [1.82, 2.24) is 16.2 Å². The molecule has 3 N–H and O–H groups in total. The highest BCUT2D eigenvalue weighted by atomic mass is 35.5. The van der Waals surface area contributed by atoms with E-state index in [2.05, 4.69) is 16.2 Å². The molecule has 160 valence electrons. The van der Waals surface area contributed by atoms with Gasteiger partial charge in [-0.15, -0.1) is 0 Å². The lowest BCUT2D eigenvalue weighted by Crippen LogP contribution is -2.49. The number of nitrogens with one attached hydrogen (secondary N) is 3. The van der Waals surface area contributed by atoms with Gasteiger partial charge in [-0.2, -0.15) is 0 Å². The fraction of sp³-hybridized carbons (Fsp3) is 0.250. The highest BCUT2D eigenvalue weighted by Crippen LogP contribution is 2.27. The molecule has 2 rings (SSSR count). The molecule has 30 heavy (non-hydrogen) atoms. The van der Waals surface area contributed by atoms with Gasteiger partial charge in [0.15, 0.2) is 11.7 Å². The second-order valence-corrected chi connectivity index (χ2v) is 7.43. The topological polar surface area (TPSA) is 88.7 Å². The Morgan fingerprint density at radius 3 is 2.43 bits per heavy atom. The zero-order valence-electron chi connectivity index (χ0n) is 16.2. The van der Waals surface area contributed by atoms with Gasteiger partial charge in [-0.1, -0.05) is 40.9 Å². The zero-order valence-corrected chi connectivity index (χ0v) is 18.5. The predicted molar refractivity (Wildman–Crippen MR) is 120 cm³/mol. The van der Waals surface area contributed by atoms with Crippen molar-refractivity contribution in [2.45, 2.75) is 19.8 Å². The molecule has 2 amide bonds. The van der Waals surface area contributed by atoms with Crippen molar-refractivity contribution in [3.63, 3.8) is 0 Å². The van der Waals surface area contributed by atoms with E-state index in [9.17, 15) is 9.59 Å². The molecule has 0 fully saturated rings. The summed E-state index contributed by atoms with van der Waals surface area (Å²) >= 11 is 16.8. The van der Waals surface area contributed by atoms with Gasteiger partial charge in [0.25, 0.3) is 5.91 Å². The van der Waals surface area contributed by atoms with Gasteiger partial charge < -0.3 is 14.8 Å². The number of hydrogen-bond donors (Lipinski definition) is 3. The third-order valence-electron chi connectivity index (χ3n) is 3.66. The van der Waals surface area contributed by atoms with Gasteiger partial charge in [0.05, 0.1) is 11.6 Å². The van der Waals surface area contributed by atoms with E-state index >= 15 is 0 Å².